The van der Waals surface area contributed by atoms with Crippen molar-refractivity contribution in [3.05, 3.63) is 84.4 Å². The Morgan fingerprint density at radius 2 is 1.67 bits per heavy atom. The summed E-state index contributed by atoms with van der Waals surface area (Å²) in [6.45, 7) is 6.08. The summed E-state index contributed by atoms with van der Waals surface area (Å²) in [5, 5.41) is 14.0. The van der Waals surface area contributed by atoms with Gasteiger partial charge < -0.3 is 10.4 Å². The number of benzene rings is 2. The van der Waals surface area contributed by atoms with Crippen LogP contribution in [0.5, 0.6) is 0 Å². The lowest BCUT2D eigenvalue weighted by Crippen LogP contribution is -2.91. The molecule has 1 aliphatic heterocycles. The monoisotopic (exact) mass is 322 g/mol. The molecule has 0 aromatic heterocycles. The van der Waals surface area contributed by atoms with E-state index in [0.29, 0.717) is 6.42 Å². The van der Waals surface area contributed by atoms with E-state index in [1.165, 1.54) is 11.1 Å². The van der Waals surface area contributed by atoms with Gasteiger partial charge in [-0.05, 0) is 12.8 Å². The summed E-state index contributed by atoms with van der Waals surface area (Å²) in [6.07, 6.45) is 4.25. The van der Waals surface area contributed by atoms with Crippen molar-refractivity contribution in [2.75, 3.05) is 0 Å². The third kappa shape index (κ3) is 3.31. The summed E-state index contributed by atoms with van der Waals surface area (Å²) in [5.74, 6) is 0.220. The summed E-state index contributed by atoms with van der Waals surface area (Å²) in [4.78, 5) is 0. The second-order valence-corrected chi connectivity index (χ2v) is 6.96. The molecule has 0 saturated carbocycles. The minimum absolute atomic E-state index is 0.220. The number of aliphatic hydroxyl groups is 1. The normalized spacial score (nSPS) is 30.0. The molecule has 2 heteroatoms. The van der Waals surface area contributed by atoms with Crippen LogP contribution in [0.4, 0.5) is 0 Å². The van der Waals surface area contributed by atoms with Crippen LogP contribution in [0.25, 0.3) is 0 Å². The van der Waals surface area contributed by atoms with Gasteiger partial charge in [0.25, 0.3) is 0 Å². The van der Waals surface area contributed by atoms with Crippen LogP contribution in [0.2, 0.25) is 0 Å². The summed E-state index contributed by atoms with van der Waals surface area (Å²) >= 11 is 0. The van der Waals surface area contributed by atoms with Gasteiger partial charge >= 0.3 is 0 Å². The highest BCUT2D eigenvalue weighted by molar-refractivity contribution is 5.23. The maximum atomic E-state index is 11.5. The van der Waals surface area contributed by atoms with Crippen LogP contribution in [-0.2, 0) is 0 Å². The van der Waals surface area contributed by atoms with E-state index < -0.39 is 5.60 Å². The smallest absolute Gasteiger partial charge is 0.118 e. The Balaban J connectivity index is 2.00. The fraction of sp³-hybridized carbons (Fsp3) is 0.364. The molecule has 0 amide bonds. The van der Waals surface area contributed by atoms with Crippen LogP contribution >= 0.6 is 0 Å². The Kier molecular flexibility index (Phi) is 5.17. The van der Waals surface area contributed by atoms with E-state index in [2.05, 4.69) is 73.4 Å². The predicted octanol–water partition coefficient (Wildman–Crippen LogP) is 3.77. The summed E-state index contributed by atoms with van der Waals surface area (Å²) in [6, 6.07) is 21.7. The number of rotatable bonds is 5. The summed E-state index contributed by atoms with van der Waals surface area (Å²) in [5.41, 5.74) is 1.88. The van der Waals surface area contributed by atoms with Gasteiger partial charge in [-0.2, -0.15) is 0 Å². The van der Waals surface area contributed by atoms with E-state index in [1.807, 2.05) is 12.1 Å². The van der Waals surface area contributed by atoms with Crippen molar-refractivity contribution in [3.63, 3.8) is 0 Å². The van der Waals surface area contributed by atoms with E-state index in [-0.39, 0.29) is 18.0 Å². The molecule has 3 N–H and O–H groups in total. The maximum absolute atomic E-state index is 11.5. The average Bonchev–Trinajstić information content (AvgIpc) is 2.62. The van der Waals surface area contributed by atoms with Crippen LogP contribution in [0.15, 0.2) is 73.3 Å². The first-order valence-corrected chi connectivity index (χ1v) is 8.96. The van der Waals surface area contributed by atoms with E-state index in [1.54, 1.807) is 0 Å². The Morgan fingerprint density at radius 1 is 1.08 bits per heavy atom. The van der Waals surface area contributed by atoms with E-state index in [4.69, 9.17) is 0 Å². The first-order chi connectivity index (χ1) is 11.7. The average molecular weight is 322 g/mol. The minimum Gasteiger partial charge on any atom is -0.389 e. The molecule has 4 atom stereocenters. The van der Waals surface area contributed by atoms with Gasteiger partial charge in [0.2, 0.25) is 0 Å². The molecular formula is C22H28NO+. The number of nitrogens with two attached hydrogens (primary N) is 1. The van der Waals surface area contributed by atoms with E-state index in [0.717, 1.165) is 12.8 Å². The molecule has 0 aliphatic carbocycles. The van der Waals surface area contributed by atoms with Gasteiger partial charge in [-0.3, -0.25) is 0 Å². The van der Waals surface area contributed by atoms with Gasteiger partial charge in [-0.25, -0.2) is 0 Å². The first kappa shape index (κ1) is 16.9. The van der Waals surface area contributed by atoms with Crippen molar-refractivity contribution < 1.29 is 10.4 Å². The Labute approximate surface area is 145 Å². The van der Waals surface area contributed by atoms with Crippen LogP contribution in [0, 0.1) is 5.92 Å². The standard InChI is InChI=1S/C22H27NO/c1-3-15-22(24)16-20(17-11-7-5-8-12-17)23-21(19(22)4-2)18-13-9-6-10-14-18/h3,5-14,19-21,23-24H,1,4,15-16H2,2H3/p+1/t19-,20+,21+,22-/m0/s1. The molecule has 1 saturated heterocycles. The molecule has 1 fully saturated rings. The molecule has 0 bridgehead atoms. The quantitative estimate of drug-likeness (QED) is 0.808. The summed E-state index contributed by atoms with van der Waals surface area (Å²) < 4.78 is 0. The van der Waals surface area contributed by atoms with Crippen molar-refractivity contribution in [2.24, 2.45) is 5.92 Å². The van der Waals surface area contributed by atoms with Crippen molar-refractivity contribution in [1.82, 2.24) is 0 Å². The molecule has 1 aliphatic rings. The number of hydrogen-bond acceptors (Lipinski definition) is 1. The third-order valence-corrected chi connectivity index (χ3v) is 5.49. The lowest BCUT2D eigenvalue weighted by Gasteiger charge is -2.46. The van der Waals surface area contributed by atoms with E-state index in [9.17, 15) is 5.11 Å². The predicted molar refractivity (Wildman–Crippen MR) is 98.5 cm³/mol. The van der Waals surface area contributed by atoms with Gasteiger partial charge in [-0.15, -0.1) is 6.58 Å². The van der Waals surface area contributed by atoms with Crippen molar-refractivity contribution in [3.8, 4) is 0 Å². The van der Waals surface area contributed by atoms with Gasteiger partial charge in [0.05, 0.1) is 5.60 Å². The number of hydrogen-bond donors (Lipinski definition) is 2. The SMILES string of the molecule is C=CC[C@]1(O)C[C@H](c2ccccc2)[NH2+][C@H](c2ccccc2)[C@@H]1CC. The topological polar surface area (TPSA) is 36.8 Å². The highest BCUT2D eigenvalue weighted by atomic mass is 16.3. The molecule has 126 valence electrons. The van der Waals surface area contributed by atoms with Gasteiger partial charge in [0.15, 0.2) is 0 Å². The van der Waals surface area contributed by atoms with Crippen molar-refractivity contribution >= 4 is 0 Å². The van der Waals surface area contributed by atoms with Crippen LogP contribution in [0.1, 0.15) is 49.4 Å². The number of piperidine rings is 1. The molecule has 0 spiro atoms. The molecule has 2 aromatic rings. The molecular weight excluding hydrogens is 294 g/mol. The minimum atomic E-state index is -0.702. The molecule has 24 heavy (non-hydrogen) atoms. The Morgan fingerprint density at radius 3 is 2.21 bits per heavy atom. The molecule has 2 nitrogen and oxygen atoms in total. The molecule has 3 rings (SSSR count). The Bertz CT molecular complexity index is 654. The molecule has 0 radical (unpaired) electrons. The zero-order valence-electron chi connectivity index (χ0n) is 14.4. The van der Waals surface area contributed by atoms with Crippen LogP contribution in [-0.4, -0.2) is 10.7 Å². The van der Waals surface area contributed by atoms with Crippen molar-refractivity contribution in [1.29, 1.82) is 0 Å². The highest BCUT2D eigenvalue weighted by Gasteiger charge is 2.49. The third-order valence-electron chi connectivity index (χ3n) is 5.49. The van der Waals surface area contributed by atoms with Crippen LogP contribution in [0.3, 0.4) is 0 Å². The van der Waals surface area contributed by atoms with Crippen molar-refractivity contribution in [2.45, 2.75) is 43.9 Å². The maximum Gasteiger partial charge on any atom is 0.118 e. The van der Waals surface area contributed by atoms with E-state index >= 15 is 0 Å². The lowest BCUT2D eigenvalue weighted by molar-refractivity contribution is -0.757. The zero-order valence-corrected chi connectivity index (χ0v) is 14.4. The highest BCUT2D eigenvalue weighted by Crippen LogP contribution is 2.42. The fourth-order valence-electron chi connectivity index (χ4n) is 4.39. The van der Waals surface area contributed by atoms with Gasteiger partial charge in [0, 0.05) is 23.5 Å². The fourth-order valence-corrected chi connectivity index (χ4v) is 4.39. The zero-order chi connectivity index (χ0) is 17.0. The second-order valence-electron chi connectivity index (χ2n) is 6.96. The van der Waals surface area contributed by atoms with Gasteiger partial charge in [-0.1, -0.05) is 73.7 Å². The lowest BCUT2D eigenvalue weighted by atomic mass is 9.68. The van der Waals surface area contributed by atoms with Crippen LogP contribution < -0.4 is 5.32 Å². The number of quaternary nitrogens is 1. The second kappa shape index (κ2) is 7.33. The molecule has 0 unspecified atom stereocenters. The molecule has 2 aromatic carbocycles. The summed E-state index contributed by atoms with van der Waals surface area (Å²) in [7, 11) is 0. The van der Waals surface area contributed by atoms with Gasteiger partial charge in [0.1, 0.15) is 12.1 Å². The first-order valence-electron chi connectivity index (χ1n) is 8.96. The Hall–Kier alpha value is -1.90. The molecule has 1 heterocycles. The largest absolute Gasteiger partial charge is 0.389 e.